The standard InChI is InChI=1S/C14H19BrN2O2/c1-9-5-6-17(8-13(9)19-2)14(18)11-7-10(16)3-4-12(11)15/h3-4,7,9,13H,5-6,8,16H2,1-2H3. The lowest BCUT2D eigenvalue weighted by atomic mass is 9.95. The molecular weight excluding hydrogens is 308 g/mol. The van der Waals surface area contributed by atoms with Gasteiger partial charge < -0.3 is 15.4 Å². The minimum Gasteiger partial charge on any atom is -0.399 e. The van der Waals surface area contributed by atoms with Crippen molar-refractivity contribution >= 4 is 27.5 Å². The number of nitrogens with two attached hydrogens (primary N) is 1. The summed E-state index contributed by atoms with van der Waals surface area (Å²) >= 11 is 3.41. The molecule has 0 saturated carbocycles. The van der Waals surface area contributed by atoms with Gasteiger partial charge in [0, 0.05) is 30.4 Å². The number of halogens is 1. The fourth-order valence-corrected chi connectivity index (χ4v) is 2.82. The van der Waals surface area contributed by atoms with Gasteiger partial charge in [-0.15, -0.1) is 0 Å². The Morgan fingerprint density at radius 2 is 2.26 bits per heavy atom. The Balaban J connectivity index is 2.18. The number of methoxy groups -OCH3 is 1. The first kappa shape index (κ1) is 14.3. The van der Waals surface area contributed by atoms with E-state index in [2.05, 4.69) is 22.9 Å². The summed E-state index contributed by atoms with van der Waals surface area (Å²) in [5, 5.41) is 0. The highest BCUT2D eigenvalue weighted by Gasteiger charge is 2.29. The molecule has 1 aromatic carbocycles. The van der Waals surface area contributed by atoms with Crippen molar-refractivity contribution in [3.05, 3.63) is 28.2 Å². The summed E-state index contributed by atoms with van der Waals surface area (Å²) < 4.78 is 6.22. The summed E-state index contributed by atoms with van der Waals surface area (Å²) in [6.07, 6.45) is 1.07. The van der Waals surface area contributed by atoms with Crippen LogP contribution in [-0.4, -0.2) is 37.1 Å². The van der Waals surface area contributed by atoms with Crippen molar-refractivity contribution in [2.45, 2.75) is 19.4 Å². The number of ether oxygens (including phenoxy) is 1. The van der Waals surface area contributed by atoms with Crippen LogP contribution in [0.2, 0.25) is 0 Å². The predicted octanol–water partition coefficient (Wildman–Crippen LogP) is 2.53. The van der Waals surface area contributed by atoms with Gasteiger partial charge in [-0.25, -0.2) is 0 Å². The number of rotatable bonds is 2. The quantitative estimate of drug-likeness (QED) is 0.849. The van der Waals surface area contributed by atoms with Crippen LogP contribution in [0, 0.1) is 5.92 Å². The fraction of sp³-hybridized carbons (Fsp3) is 0.500. The number of nitrogens with zero attached hydrogens (tertiary/aromatic N) is 1. The van der Waals surface area contributed by atoms with E-state index < -0.39 is 0 Å². The lowest BCUT2D eigenvalue weighted by Gasteiger charge is -2.36. The Morgan fingerprint density at radius 1 is 1.53 bits per heavy atom. The van der Waals surface area contributed by atoms with E-state index in [1.165, 1.54) is 0 Å². The van der Waals surface area contributed by atoms with Crippen molar-refractivity contribution in [2.75, 3.05) is 25.9 Å². The second kappa shape index (κ2) is 5.92. The van der Waals surface area contributed by atoms with Gasteiger partial charge in [0.15, 0.2) is 0 Å². The van der Waals surface area contributed by atoms with Crippen LogP contribution < -0.4 is 5.73 Å². The number of nitrogen functional groups attached to an aromatic ring is 1. The van der Waals surface area contributed by atoms with Crippen molar-refractivity contribution in [1.29, 1.82) is 0 Å². The number of benzene rings is 1. The summed E-state index contributed by atoms with van der Waals surface area (Å²) in [4.78, 5) is 14.4. The highest BCUT2D eigenvalue weighted by atomic mass is 79.9. The molecule has 2 rings (SSSR count). The number of hydrogen-bond acceptors (Lipinski definition) is 3. The molecule has 1 heterocycles. The molecule has 4 nitrogen and oxygen atoms in total. The summed E-state index contributed by atoms with van der Waals surface area (Å²) in [7, 11) is 1.70. The molecule has 104 valence electrons. The molecule has 1 amide bonds. The van der Waals surface area contributed by atoms with Crippen molar-refractivity contribution in [3.63, 3.8) is 0 Å². The van der Waals surface area contributed by atoms with Gasteiger partial charge in [0.05, 0.1) is 11.7 Å². The summed E-state index contributed by atoms with van der Waals surface area (Å²) in [5.41, 5.74) is 6.97. The molecule has 1 aliphatic heterocycles. The second-order valence-electron chi connectivity index (χ2n) is 5.03. The zero-order valence-electron chi connectivity index (χ0n) is 11.2. The van der Waals surface area contributed by atoms with Crippen LogP contribution in [0.15, 0.2) is 22.7 Å². The van der Waals surface area contributed by atoms with Crippen LogP contribution >= 0.6 is 15.9 Å². The number of piperidine rings is 1. The molecule has 2 unspecified atom stereocenters. The van der Waals surface area contributed by atoms with E-state index >= 15 is 0 Å². The van der Waals surface area contributed by atoms with Crippen LogP contribution in [0.3, 0.4) is 0 Å². The van der Waals surface area contributed by atoms with E-state index in [4.69, 9.17) is 10.5 Å². The van der Waals surface area contributed by atoms with Gasteiger partial charge in [-0.3, -0.25) is 4.79 Å². The largest absolute Gasteiger partial charge is 0.399 e. The van der Waals surface area contributed by atoms with E-state index in [0.29, 0.717) is 23.7 Å². The molecule has 2 N–H and O–H groups in total. The average molecular weight is 327 g/mol. The SMILES string of the molecule is COC1CN(C(=O)c2cc(N)ccc2Br)CCC1C. The second-order valence-corrected chi connectivity index (χ2v) is 5.88. The molecule has 1 fully saturated rings. The molecule has 0 aromatic heterocycles. The molecule has 19 heavy (non-hydrogen) atoms. The van der Waals surface area contributed by atoms with Crippen molar-refractivity contribution in [1.82, 2.24) is 4.90 Å². The first-order chi connectivity index (χ1) is 9.02. The lowest BCUT2D eigenvalue weighted by Crippen LogP contribution is -2.46. The Morgan fingerprint density at radius 3 is 2.95 bits per heavy atom. The van der Waals surface area contributed by atoms with Gasteiger partial charge >= 0.3 is 0 Å². The molecule has 1 aromatic rings. The molecule has 1 saturated heterocycles. The third-order valence-corrected chi connectivity index (χ3v) is 4.39. The summed E-state index contributed by atoms with van der Waals surface area (Å²) in [6, 6.07) is 5.30. The third-order valence-electron chi connectivity index (χ3n) is 3.70. The number of anilines is 1. The smallest absolute Gasteiger partial charge is 0.255 e. The van der Waals surface area contributed by atoms with E-state index in [0.717, 1.165) is 17.4 Å². The molecule has 2 atom stereocenters. The zero-order valence-corrected chi connectivity index (χ0v) is 12.8. The lowest BCUT2D eigenvalue weighted by molar-refractivity contribution is -0.00159. The minimum atomic E-state index is 0.00752. The average Bonchev–Trinajstić information content (AvgIpc) is 2.41. The first-order valence-electron chi connectivity index (χ1n) is 6.40. The number of hydrogen-bond donors (Lipinski definition) is 1. The predicted molar refractivity (Wildman–Crippen MR) is 79.0 cm³/mol. The molecule has 1 aliphatic rings. The van der Waals surface area contributed by atoms with Gasteiger partial charge in [-0.05, 0) is 46.5 Å². The van der Waals surface area contributed by atoms with Crippen LogP contribution in [0.25, 0.3) is 0 Å². The Bertz CT molecular complexity index is 479. The van der Waals surface area contributed by atoms with Crippen LogP contribution in [-0.2, 0) is 4.74 Å². The highest BCUT2D eigenvalue weighted by Crippen LogP contribution is 2.25. The molecule has 5 heteroatoms. The molecule has 0 aliphatic carbocycles. The van der Waals surface area contributed by atoms with Crippen molar-refractivity contribution < 1.29 is 9.53 Å². The van der Waals surface area contributed by atoms with Crippen molar-refractivity contribution in [2.24, 2.45) is 5.92 Å². The normalized spacial score (nSPS) is 23.4. The molecular formula is C14H19BrN2O2. The van der Waals surface area contributed by atoms with E-state index in [1.807, 2.05) is 11.0 Å². The van der Waals surface area contributed by atoms with E-state index in [-0.39, 0.29) is 12.0 Å². The van der Waals surface area contributed by atoms with Gasteiger partial charge in [-0.2, -0.15) is 0 Å². The van der Waals surface area contributed by atoms with Gasteiger partial charge in [0.2, 0.25) is 0 Å². The zero-order chi connectivity index (χ0) is 14.0. The topological polar surface area (TPSA) is 55.6 Å². The number of amides is 1. The first-order valence-corrected chi connectivity index (χ1v) is 7.19. The molecule has 0 bridgehead atoms. The summed E-state index contributed by atoms with van der Waals surface area (Å²) in [5.74, 6) is 0.492. The number of likely N-dealkylation sites (tertiary alicyclic amines) is 1. The van der Waals surface area contributed by atoms with Crippen LogP contribution in [0.4, 0.5) is 5.69 Å². The highest BCUT2D eigenvalue weighted by molar-refractivity contribution is 9.10. The Labute approximate surface area is 122 Å². The van der Waals surface area contributed by atoms with E-state index in [9.17, 15) is 4.79 Å². The third kappa shape index (κ3) is 3.09. The van der Waals surface area contributed by atoms with Gasteiger partial charge in [0.1, 0.15) is 0 Å². The monoisotopic (exact) mass is 326 g/mol. The van der Waals surface area contributed by atoms with Gasteiger partial charge in [-0.1, -0.05) is 6.92 Å². The Kier molecular flexibility index (Phi) is 4.47. The Hall–Kier alpha value is -1.07. The number of carbonyl (C=O) groups is 1. The maximum atomic E-state index is 12.5. The van der Waals surface area contributed by atoms with Gasteiger partial charge in [0.25, 0.3) is 5.91 Å². The molecule has 0 radical (unpaired) electrons. The number of carbonyl (C=O) groups excluding carboxylic acids is 1. The van der Waals surface area contributed by atoms with Crippen molar-refractivity contribution in [3.8, 4) is 0 Å². The van der Waals surface area contributed by atoms with Crippen LogP contribution in [0.5, 0.6) is 0 Å². The fourth-order valence-electron chi connectivity index (χ4n) is 2.40. The molecule has 0 spiro atoms. The van der Waals surface area contributed by atoms with Crippen LogP contribution in [0.1, 0.15) is 23.7 Å². The minimum absolute atomic E-state index is 0.00752. The summed E-state index contributed by atoms with van der Waals surface area (Å²) in [6.45, 7) is 3.56. The maximum absolute atomic E-state index is 12.5. The van der Waals surface area contributed by atoms with E-state index in [1.54, 1.807) is 19.2 Å². The maximum Gasteiger partial charge on any atom is 0.255 e.